The molecular formula is C18H23NO11. The van der Waals surface area contributed by atoms with Crippen LogP contribution >= 0.6 is 0 Å². The number of ether oxygens (including phenoxy) is 6. The third kappa shape index (κ3) is 7.96. The molecule has 1 N–H and O–H groups in total. The molecule has 1 heterocycles. The van der Waals surface area contributed by atoms with Gasteiger partial charge >= 0.3 is 30.0 Å². The number of hydrogen-bond acceptors (Lipinski definition) is 11. The van der Waals surface area contributed by atoms with Gasteiger partial charge in [0.05, 0.1) is 0 Å². The SMILES string of the molecule is C#CCOC(=O)N[C@H]1[C@@H](OC(C)=O)O[C@H](COC(C)=O)[C@@H](OC(C)=O)[C@@H]1OC(C)=O. The summed E-state index contributed by atoms with van der Waals surface area (Å²) in [6, 6.07) is -1.35. The maximum Gasteiger partial charge on any atom is 0.408 e. The molecule has 0 unspecified atom stereocenters. The van der Waals surface area contributed by atoms with Gasteiger partial charge in [-0.2, -0.15) is 0 Å². The molecule has 166 valence electrons. The van der Waals surface area contributed by atoms with E-state index in [4.69, 9.17) is 34.8 Å². The Kier molecular flexibility index (Phi) is 9.57. The van der Waals surface area contributed by atoms with Crippen molar-refractivity contribution in [3.05, 3.63) is 0 Å². The van der Waals surface area contributed by atoms with E-state index in [2.05, 4.69) is 11.2 Å². The van der Waals surface area contributed by atoms with Gasteiger partial charge in [-0.15, -0.1) is 6.42 Å². The summed E-state index contributed by atoms with van der Waals surface area (Å²) in [6.07, 6.45) is -1.40. The van der Waals surface area contributed by atoms with Gasteiger partial charge in [0.2, 0.25) is 6.29 Å². The summed E-state index contributed by atoms with van der Waals surface area (Å²) in [6.45, 7) is 3.61. The van der Waals surface area contributed by atoms with Crippen LogP contribution in [0.4, 0.5) is 4.79 Å². The van der Waals surface area contributed by atoms with Crippen LogP contribution in [0.2, 0.25) is 0 Å². The van der Waals surface area contributed by atoms with Gasteiger partial charge in [0.1, 0.15) is 18.8 Å². The van der Waals surface area contributed by atoms with Crippen LogP contribution in [-0.4, -0.2) is 73.8 Å². The van der Waals surface area contributed by atoms with E-state index in [0.29, 0.717) is 0 Å². The first-order valence-electron chi connectivity index (χ1n) is 8.72. The number of rotatable bonds is 7. The Labute approximate surface area is 172 Å². The van der Waals surface area contributed by atoms with Crippen molar-refractivity contribution in [3.8, 4) is 12.3 Å². The van der Waals surface area contributed by atoms with E-state index in [9.17, 15) is 24.0 Å². The molecule has 0 aliphatic carbocycles. The zero-order valence-electron chi connectivity index (χ0n) is 16.9. The molecular weight excluding hydrogens is 406 g/mol. The maximum absolute atomic E-state index is 12.0. The summed E-state index contributed by atoms with van der Waals surface area (Å²) >= 11 is 0. The summed E-state index contributed by atoms with van der Waals surface area (Å²) in [7, 11) is 0. The van der Waals surface area contributed by atoms with Gasteiger partial charge in [0.15, 0.2) is 18.8 Å². The molecule has 1 aliphatic rings. The van der Waals surface area contributed by atoms with Crippen molar-refractivity contribution in [2.24, 2.45) is 0 Å². The summed E-state index contributed by atoms with van der Waals surface area (Å²) in [5.74, 6) is -0.927. The number of hydrogen-bond donors (Lipinski definition) is 1. The first kappa shape index (κ1) is 24.7. The van der Waals surface area contributed by atoms with Gasteiger partial charge in [-0.1, -0.05) is 5.92 Å². The molecule has 1 fully saturated rings. The Balaban J connectivity index is 3.30. The zero-order valence-corrected chi connectivity index (χ0v) is 16.9. The Bertz CT molecular complexity index is 713. The quantitative estimate of drug-likeness (QED) is 0.314. The van der Waals surface area contributed by atoms with Crippen LogP contribution in [0.15, 0.2) is 0 Å². The van der Waals surface area contributed by atoms with Gasteiger partial charge < -0.3 is 33.7 Å². The van der Waals surface area contributed by atoms with Crippen LogP contribution in [0.5, 0.6) is 0 Å². The van der Waals surface area contributed by atoms with E-state index in [1.54, 1.807) is 0 Å². The summed E-state index contributed by atoms with van der Waals surface area (Å²) in [5, 5.41) is 2.32. The largest absolute Gasteiger partial charge is 0.463 e. The van der Waals surface area contributed by atoms with Crippen LogP contribution in [0, 0.1) is 12.3 Å². The van der Waals surface area contributed by atoms with Crippen LogP contribution in [0.3, 0.4) is 0 Å². The van der Waals surface area contributed by atoms with E-state index in [-0.39, 0.29) is 6.61 Å². The van der Waals surface area contributed by atoms with Crippen LogP contribution in [0.25, 0.3) is 0 Å². The molecule has 5 atom stereocenters. The predicted molar refractivity (Wildman–Crippen MR) is 95.3 cm³/mol. The van der Waals surface area contributed by atoms with E-state index in [1.165, 1.54) is 0 Å². The highest BCUT2D eigenvalue weighted by Crippen LogP contribution is 2.28. The lowest BCUT2D eigenvalue weighted by atomic mass is 9.96. The summed E-state index contributed by atoms with van der Waals surface area (Å²) < 4.78 is 30.7. The third-order valence-electron chi connectivity index (χ3n) is 3.55. The first-order chi connectivity index (χ1) is 14.0. The fourth-order valence-corrected chi connectivity index (χ4v) is 2.61. The molecule has 0 spiro atoms. The van der Waals surface area contributed by atoms with Crippen LogP contribution < -0.4 is 5.32 Å². The topological polar surface area (TPSA) is 153 Å². The Morgan fingerprint density at radius 3 is 1.93 bits per heavy atom. The van der Waals surface area contributed by atoms with Crippen LogP contribution in [-0.2, 0) is 47.6 Å². The number of nitrogens with one attached hydrogen (secondary N) is 1. The second-order valence-electron chi connectivity index (χ2n) is 6.05. The van der Waals surface area contributed by atoms with Crippen molar-refractivity contribution >= 4 is 30.0 Å². The lowest BCUT2D eigenvalue weighted by molar-refractivity contribution is -0.270. The van der Waals surface area contributed by atoms with Crippen molar-refractivity contribution in [2.75, 3.05) is 13.2 Å². The second kappa shape index (κ2) is 11.6. The number of terminal acetylenes is 1. The van der Waals surface area contributed by atoms with E-state index < -0.39 is 67.2 Å². The normalized spacial score (nSPS) is 25.1. The highest BCUT2D eigenvalue weighted by atomic mass is 16.7. The standard InChI is InChI=1S/C18H23NO11/c1-6-7-25-18(24)19-14-16(28-11(4)22)15(27-10(3)21)13(8-26-9(2)20)30-17(14)29-12(5)23/h1,13-17H,7-8H2,2-5H3,(H,19,24)/t13-,14-,15-,16-,17+/m1/s1. The molecule has 1 aliphatic heterocycles. The van der Waals surface area contributed by atoms with E-state index in [1.807, 2.05) is 0 Å². The first-order valence-corrected chi connectivity index (χ1v) is 8.72. The highest BCUT2D eigenvalue weighted by Gasteiger charge is 2.52. The predicted octanol–water partition coefficient (Wildman–Crippen LogP) is -0.571. The maximum atomic E-state index is 12.0. The zero-order chi connectivity index (χ0) is 22.8. The van der Waals surface area contributed by atoms with Crippen LogP contribution in [0.1, 0.15) is 27.7 Å². The lowest BCUT2D eigenvalue weighted by Crippen LogP contribution is -2.67. The van der Waals surface area contributed by atoms with Crippen molar-refractivity contribution < 1.29 is 52.4 Å². The minimum atomic E-state index is -1.50. The van der Waals surface area contributed by atoms with Gasteiger partial charge in [-0.05, 0) is 0 Å². The van der Waals surface area contributed by atoms with Crippen molar-refractivity contribution in [1.29, 1.82) is 0 Å². The van der Waals surface area contributed by atoms with E-state index >= 15 is 0 Å². The number of alkyl carbamates (subject to hydrolysis) is 1. The number of amides is 1. The molecule has 0 bridgehead atoms. The molecule has 30 heavy (non-hydrogen) atoms. The molecule has 1 rings (SSSR count). The molecule has 0 saturated carbocycles. The Morgan fingerprint density at radius 2 is 1.43 bits per heavy atom. The third-order valence-corrected chi connectivity index (χ3v) is 3.55. The number of carbonyl (C=O) groups excluding carboxylic acids is 5. The molecule has 0 radical (unpaired) electrons. The summed E-state index contributed by atoms with van der Waals surface area (Å²) in [4.78, 5) is 58.0. The Hall–Kier alpha value is -3.33. The summed E-state index contributed by atoms with van der Waals surface area (Å²) in [5.41, 5.74) is 0. The minimum absolute atomic E-state index is 0.363. The molecule has 0 aromatic rings. The highest BCUT2D eigenvalue weighted by molar-refractivity contribution is 5.70. The van der Waals surface area contributed by atoms with Crippen molar-refractivity contribution in [1.82, 2.24) is 5.32 Å². The number of carbonyl (C=O) groups is 5. The molecule has 0 aromatic heterocycles. The Morgan fingerprint density at radius 1 is 0.867 bits per heavy atom. The molecule has 1 saturated heterocycles. The van der Waals surface area contributed by atoms with Crippen molar-refractivity contribution in [2.45, 2.75) is 58.3 Å². The lowest BCUT2D eigenvalue weighted by Gasteiger charge is -2.44. The molecule has 12 nitrogen and oxygen atoms in total. The molecule has 12 heteroatoms. The second-order valence-corrected chi connectivity index (χ2v) is 6.05. The van der Waals surface area contributed by atoms with Gasteiger partial charge in [0.25, 0.3) is 0 Å². The molecule has 0 aromatic carbocycles. The van der Waals surface area contributed by atoms with Gasteiger partial charge in [-0.25, -0.2) is 4.79 Å². The number of esters is 4. The fourth-order valence-electron chi connectivity index (χ4n) is 2.61. The average Bonchev–Trinajstić information content (AvgIpc) is 2.62. The smallest absolute Gasteiger partial charge is 0.408 e. The average molecular weight is 429 g/mol. The van der Waals surface area contributed by atoms with Crippen molar-refractivity contribution in [3.63, 3.8) is 0 Å². The monoisotopic (exact) mass is 429 g/mol. The molecule has 1 amide bonds. The minimum Gasteiger partial charge on any atom is -0.463 e. The fraction of sp³-hybridized carbons (Fsp3) is 0.611. The van der Waals surface area contributed by atoms with Gasteiger partial charge in [-0.3, -0.25) is 19.2 Å². The van der Waals surface area contributed by atoms with E-state index in [0.717, 1.165) is 27.7 Å². The van der Waals surface area contributed by atoms with Gasteiger partial charge in [0, 0.05) is 27.7 Å².